The minimum atomic E-state index is -1.26. The van der Waals surface area contributed by atoms with Crippen molar-refractivity contribution < 1.29 is 0 Å². The predicted octanol–water partition coefficient (Wildman–Crippen LogP) is 1.40. The topological polar surface area (TPSA) is 38.4 Å². The Hall–Kier alpha value is -0.0700. The van der Waals surface area contributed by atoms with E-state index in [0.717, 1.165) is 6.29 Å². The van der Waals surface area contributed by atoms with Gasteiger partial charge in [-0.05, 0) is 0 Å². The van der Waals surface area contributed by atoms with Gasteiger partial charge in [0.1, 0.15) is 0 Å². The molecule has 1 heterocycles. The van der Waals surface area contributed by atoms with E-state index in [1.807, 2.05) is 0 Å². The Morgan fingerprint density at radius 1 is 1.70 bits per heavy atom. The Labute approximate surface area is 66.5 Å². The second-order valence-electron chi connectivity index (χ2n) is 3.18. The maximum absolute atomic E-state index is 5.79. The summed E-state index contributed by atoms with van der Waals surface area (Å²) in [5.74, 6) is 2.57. The Bertz CT molecular complexity index is 208. The third-order valence-corrected chi connectivity index (χ3v) is 3.95. The summed E-state index contributed by atoms with van der Waals surface area (Å²) in [5.41, 5.74) is 5.47. The molecule has 4 heteroatoms. The van der Waals surface area contributed by atoms with Crippen LogP contribution in [0.1, 0.15) is 0 Å². The van der Waals surface area contributed by atoms with Gasteiger partial charge in [-0.25, -0.2) is 0 Å². The normalized spacial score (nSPS) is 26.7. The van der Waals surface area contributed by atoms with Crippen molar-refractivity contribution >= 4 is 24.7 Å². The van der Waals surface area contributed by atoms with Gasteiger partial charge in [-0.15, -0.1) is 0 Å². The summed E-state index contributed by atoms with van der Waals surface area (Å²) in [6, 6.07) is 0. The molecule has 1 rings (SSSR count). The van der Waals surface area contributed by atoms with Crippen LogP contribution in [-0.2, 0) is 0 Å². The van der Waals surface area contributed by atoms with Crippen LogP contribution in [0.25, 0.3) is 0 Å². The van der Waals surface area contributed by atoms with E-state index >= 15 is 0 Å². The molecule has 0 aromatic carbocycles. The third kappa shape index (κ3) is 1.71. The van der Waals surface area contributed by atoms with Gasteiger partial charge < -0.3 is 0 Å². The van der Waals surface area contributed by atoms with Crippen LogP contribution in [0.4, 0.5) is 0 Å². The average Bonchev–Trinajstić information content (AvgIpc) is 1.79. The summed E-state index contributed by atoms with van der Waals surface area (Å²) in [6.45, 7) is 4.43. The second-order valence-corrected chi connectivity index (χ2v) is 8.17. The summed E-state index contributed by atoms with van der Waals surface area (Å²) < 4.78 is 0. The first kappa shape index (κ1) is 8.03. The van der Waals surface area contributed by atoms with Gasteiger partial charge in [0.05, 0.1) is 0 Å². The zero-order chi connectivity index (χ0) is 7.78. The maximum atomic E-state index is 5.79. The number of halogens is 1. The van der Waals surface area contributed by atoms with Crippen molar-refractivity contribution in [2.45, 2.75) is 0 Å². The van der Waals surface area contributed by atoms with Gasteiger partial charge in [0, 0.05) is 0 Å². The van der Waals surface area contributed by atoms with Crippen LogP contribution < -0.4 is 5.73 Å². The van der Waals surface area contributed by atoms with E-state index in [2.05, 4.69) is 24.1 Å². The summed E-state index contributed by atoms with van der Waals surface area (Å²) in [7, 11) is -1.26. The fraction of sp³-hybridized carbons (Fsp3) is 0.500. The molecule has 10 heavy (non-hydrogen) atoms. The molecule has 2 nitrogen and oxygen atoms in total. The van der Waals surface area contributed by atoms with Crippen molar-refractivity contribution in [1.29, 1.82) is 0 Å². The standard InChI is InChI=1S/C6H12ClN2P/c1-10(2)3-5(7)6(8)9-4-10/h3,10H,4H2,1-2H3,(H2,8,9). The monoisotopic (exact) mass is 178 g/mol. The zero-order valence-corrected chi connectivity index (χ0v) is 7.94. The number of hydrogen-bond acceptors (Lipinski definition) is 2. The van der Waals surface area contributed by atoms with Crippen LogP contribution >= 0.6 is 18.9 Å². The Morgan fingerprint density at radius 3 is 2.70 bits per heavy atom. The molecule has 0 atom stereocenters. The van der Waals surface area contributed by atoms with Crippen molar-refractivity contribution in [2.24, 2.45) is 10.7 Å². The third-order valence-electron chi connectivity index (χ3n) is 1.42. The number of nitrogens with zero attached hydrogens (tertiary/aromatic N) is 1. The van der Waals surface area contributed by atoms with E-state index in [9.17, 15) is 0 Å². The van der Waals surface area contributed by atoms with Crippen molar-refractivity contribution in [3.8, 4) is 0 Å². The van der Waals surface area contributed by atoms with E-state index in [1.165, 1.54) is 0 Å². The number of rotatable bonds is 0. The molecule has 0 aliphatic carbocycles. The molecule has 1 aliphatic heterocycles. The van der Waals surface area contributed by atoms with Gasteiger partial charge in [0.15, 0.2) is 0 Å². The zero-order valence-electron chi connectivity index (χ0n) is 6.19. The molecule has 0 saturated heterocycles. The van der Waals surface area contributed by atoms with E-state index in [1.54, 1.807) is 0 Å². The van der Waals surface area contributed by atoms with Gasteiger partial charge in [-0.3, -0.25) is 0 Å². The Morgan fingerprint density at radius 2 is 2.30 bits per heavy atom. The molecule has 0 radical (unpaired) electrons. The van der Waals surface area contributed by atoms with E-state index in [4.69, 9.17) is 17.3 Å². The van der Waals surface area contributed by atoms with Crippen molar-refractivity contribution in [2.75, 3.05) is 19.6 Å². The van der Waals surface area contributed by atoms with Crippen LogP contribution in [0.5, 0.6) is 0 Å². The van der Waals surface area contributed by atoms with Crippen LogP contribution in [0.3, 0.4) is 0 Å². The molecular formula is C6H12ClN2P. The van der Waals surface area contributed by atoms with Crippen molar-refractivity contribution in [1.82, 2.24) is 0 Å². The molecule has 0 fully saturated rings. The summed E-state index contributed by atoms with van der Waals surface area (Å²) in [6.07, 6.45) is 0.870. The van der Waals surface area contributed by atoms with Crippen molar-refractivity contribution in [3.05, 3.63) is 10.8 Å². The minimum absolute atomic E-state index is 0.494. The van der Waals surface area contributed by atoms with Crippen LogP contribution in [0, 0.1) is 0 Å². The number of hydrogen-bond donors (Lipinski definition) is 1. The number of nitrogens with two attached hydrogens (primary N) is 1. The molecule has 0 amide bonds. The Balaban J connectivity index is 2.87. The van der Waals surface area contributed by atoms with E-state index in [-0.39, 0.29) is 0 Å². The molecule has 0 aromatic rings. The van der Waals surface area contributed by atoms with Crippen LogP contribution in [0.2, 0.25) is 0 Å². The van der Waals surface area contributed by atoms with Gasteiger partial charge >= 0.3 is 65.9 Å². The van der Waals surface area contributed by atoms with Gasteiger partial charge in [0.25, 0.3) is 0 Å². The first-order valence-electron chi connectivity index (χ1n) is 3.20. The average molecular weight is 179 g/mol. The van der Waals surface area contributed by atoms with E-state index < -0.39 is 7.26 Å². The molecular weight excluding hydrogens is 167 g/mol. The molecule has 1 aliphatic rings. The molecule has 0 saturated carbocycles. The van der Waals surface area contributed by atoms with Crippen LogP contribution in [-0.4, -0.2) is 25.5 Å². The fourth-order valence-electron chi connectivity index (χ4n) is 0.827. The first-order valence-corrected chi connectivity index (χ1v) is 6.86. The molecule has 0 spiro atoms. The van der Waals surface area contributed by atoms with Gasteiger partial charge in [-0.1, -0.05) is 0 Å². The summed E-state index contributed by atoms with van der Waals surface area (Å²) in [5, 5.41) is 0.642. The number of aliphatic imine (C=N–C) groups is 1. The fourth-order valence-corrected chi connectivity index (χ4v) is 3.28. The van der Waals surface area contributed by atoms with Crippen LogP contribution in [0.15, 0.2) is 15.8 Å². The Kier molecular flexibility index (Phi) is 2.02. The molecule has 2 N–H and O–H groups in total. The van der Waals surface area contributed by atoms with Gasteiger partial charge in [-0.2, -0.15) is 0 Å². The predicted molar refractivity (Wildman–Crippen MR) is 50.6 cm³/mol. The molecule has 0 unspecified atom stereocenters. The SMILES string of the molecule is C[PH]1(C)C=C(Cl)C(N)=NC1. The quantitative estimate of drug-likeness (QED) is 0.560. The van der Waals surface area contributed by atoms with Crippen molar-refractivity contribution in [3.63, 3.8) is 0 Å². The van der Waals surface area contributed by atoms with E-state index in [0.29, 0.717) is 10.9 Å². The molecule has 0 bridgehead atoms. The first-order chi connectivity index (χ1) is 4.51. The summed E-state index contributed by atoms with van der Waals surface area (Å²) >= 11 is 5.79. The number of amidine groups is 1. The molecule has 0 aromatic heterocycles. The summed E-state index contributed by atoms with van der Waals surface area (Å²) in [4.78, 5) is 4.12. The van der Waals surface area contributed by atoms with Gasteiger partial charge in [0.2, 0.25) is 0 Å². The molecule has 58 valence electrons. The second kappa shape index (κ2) is 2.52.